The molecule has 0 fully saturated rings. The molecule has 0 radical (unpaired) electrons. The van der Waals surface area contributed by atoms with Crippen molar-refractivity contribution in [3.8, 4) is 17.1 Å². The number of carbonyl (C=O) groups excluding carboxylic acids is 1. The highest BCUT2D eigenvalue weighted by molar-refractivity contribution is 5.75. The van der Waals surface area contributed by atoms with E-state index in [1.54, 1.807) is 12.1 Å². The molecule has 0 saturated heterocycles. The van der Waals surface area contributed by atoms with Gasteiger partial charge < -0.3 is 15.0 Å². The van der Waals surface area contributed by atoms with Crippen LogP contribution in [0.3, 0.4) is 0 Å². The third-order valence-corrected chi connectivity index (χ3v) is 2.12. The summed E-state index contributed by atoms with van der Waals surface area (Å²) in [5.74, 6) is -0.857. The van der Waals surface area contributed by atoms with Crippen molar-refractivity contribution in [2.45, 2.75) is 6.43 Å². The summed E-state index contributed by atoms with van der Waals surface area (Å²) in [6.07, 6.45) is -2.81. The average Bonchev–Trinajstić information content (AvgIpc) is 2.86. The van der Waals surface area contributed by atoms with Gasteiger partial charge in [-0.15, -0.1) is 0 Å². The van der Waals surface area contributed by atoms with Crippen LogP contribution in [0.1, 0.15) is 12.3 Å². The molecule has 0 saturated carbocycles. The number of rotatable bonds is 5. The summed E-state index contributed by atoms with van der Waals surface area (Å²) in [7, 11) is 0. The molecule has 6 nitrogen and oxygen atoms in total. The van der Waals surface area contributed by atoms with E-state index in [9.17, 15) is 13.6 Å². The van der Waals surface area contributed by atoms with E-state index < -0.39 is 18.2 Å². The van der Waals surface area contributed by atoms with Gasteiger partial charge in [0, 0.05) is 5.56 Å². The fourth-order valence-corrected chi connectivity index (χ4v) is 1.30. The molecule has 1 aromatic carbocycles. The van der Waals surface area contributed by atoms with Crippen molar-refractivity contribution in [2.24, 2.45) is 5.73 Å². The van der Waals surface area contributed by atoms with Crippen molar-refractivity contribution in [2.75, 3.05) is 6.61 Å². The maximum atomic E-state index is 12.3. The quantitative estimate of drug-likeness (QED) is 0.888. The zero-order valence-corrected chi connectivity index (χ0v) is 9.55. The van der Waals surface area contributed by atoms with Crippen molar-refractivity contribution in [3.05, 3.63) is 30.2 Å². The Labute approximate surface area is 106 Å². The van der Waals surface area contributed by atoms with Gasteiger partial charge in [0.1, 0.15) is 5.75 Å². The highest BCUT2D eigenvalue weighted by Crippen LogP contribution is 2.23. The predicted molar refractivity (Wildman–Crippen MR) is 59.4 cm³/mol. The number of primary amides is 1. The zero-order chi connectivity index (χ0) is 13.8. The molecule has 100 valence electrons. The van der Waals surface area contributed by atoms with Gasteiger partial charge in [0.2, 0.25) is 5.82 Å². The lowest BCUT2D eigenvalue weighted by Gasteiger charge is -2.03. The zero-order valence-electron chi connectivity index (χ0n) is 9.55. The number of nitrogens with zero attached hydrogens (tertiary/aromatic N) is 2. The Hall–Kier alpha value is -2.51. The van der Waals surface area contributed by atoms with Crippen LogP contribution >= 0.6 is 0 Å². The molecule has 0 aliphatic carbocycles. The number of halogens is 2. The van der Waals surface area contributed by atoms with Gasteiger partial charge in [0.25, 0.3) is 11.8 Å². The minimum absolute atomic E-state index is 0.0525. The first-order valence-corrected chi connectivity index (χ1v) is 5.19. The standard InChI is InChI=1S/C11H9F2N3O3/c12-9(13)11-15-10(16-19-11)6-1-3-7(4-2-6)18-5-8(14)17/h1-4,9H,5H2,(H2,14,17). The minimum atomic E-state index is -2.81. The molecule has 8 heteroatoms. The number of alkyl halides is 2. The Kier molecular flexibility index (Phi) is 3.69. The lowest BCUT2D eigenvalue weighted by molar-refractivity contribution is -0.119. The third kappa shape index (κ3) is 3.24. The van der Waals surface area contributed by atoms with E-state index in [1.165, 1.54) is 12.1 Å². The summed E-state index contributed by atoms with van der Waals surface area (Å²) in [6, 6.07) is 6.18. The Morgan fingerprint density at radius 3 is 2.58 bits per heavy atom. The molecule has 0 unspecified atom stereocenters. The number of hydrogen-bond acceptors (Lipinski definition) is 5. The summed E-state index contributed by atoms with van der Waals surface area (Å²) in [4.78, 5) is 14.1. The molecule has 19 heavy (non-hydrogen) atoms. The lowest BCUT2D eigenvalue weighted by Crippen LogP contribution is -2.19. The number of benzene rings is 1. The van der Waals surface area contributed by atoms with Crippen LogP contribution in [0.25, 0.3) is 11.4 Å². The van der Waals surface area contributed by atoms with Gasteiger partial charge in [0.05, 0.1) is 0 Å². The molecule has 0 spiro atoms. The lowest BCUT2D eigenvalue weighted by atomic mass is 10.2. The second-order valence-electron chi connectivity index (χ2n) is 3.54. The van der Waals surface area contributed by atoms with Gasteiger partial charge in [-0.25, -0.2) is 0 Å². The molecular weight excluding hydrogens is 260 g/mol. The fraction of sp³-hybridized carbons (Fsp3) is 0.182. The molecule has 2 rings (SSSR count). The second-order valence-corrected chi connectivity index (χ2v) is 3.54. The van der Waals surface area contributed by atoms with E-state index >= 15 is 0 Å². The number of hydrogen-bond donors (Lipinski definition) is 1. The summed E-state index contributed by atoms with van der Waals surface area (Å²) >= 11 is 0. The Balaban J connectivity index is 2.10. The van der Waals surface area contributed by atoms with E-state index in [0.717, 1.165) is 0 Å². The highest BCUT2D eigenvalue weighted by atomic mass is 19.3. The SMILES string of the molecule is NC(=O)COc1ccc(-c2noc(C(F)F)n2)cc1. The first-order valence-electron chi connectivity index (χ1n) is 5.19. The molecule has 0 aliphatic heterocycles. The van der Waals surface area contributed by atoms with E-state index in [4.69, 9.17) is 10.5 Å². The van der Waals surface area contributed by atoms with E-state index in [1.807, 2.05) is 0 Å². The van der Waals surface area contributed by atoms with E-state index in [2.05, 4.69) is 14.7 Å². The molecule has 0 bridgehead atoms. The Morgan fingerprint density at radius 2 is 2.05 bits per heavy atom. The average molecular weight is 269 g/mol. The molecule has 2 N–H and O–H groups in total. The van der Waals surface area contributed by atoms with Gasteiger partial charge in [0.15, 0.2) is 6.61 Å². The van der Waals surface area contributed by atoms with E-state index in [-0.39, 0.29) is 12.4 Å². The Bertz CT molecular complexity index is 569. The van der Waals surface area contributed by atoms with Crippen molar-refractivity contribution in [3.63, 3.8) is 0 Å². The molecule has 2 aromatic rings. The second kappa shape index (κ2) is 5.42. The van der Waals surface area contributed by atoms with Crippen molar-refractivity contribution in [1.29, 1.82) is 0 Å². The maximum absolute atomic E-state index is 12.3. The number of nitrogens with two attached hydrogens (primary N) is 1. The number of aromatic nitrogens is 2. The van der Waals surface area contributed by atoms with Crippen molar-refractivity contribution < 1.29 is 22.8 Å². The molecule has 1 heterocycles. The van der Waals surface area contributed by atoms with Crippen molar-refractivity contribution >= 4 is 5.91 Å². The molecule has 0 aliphatic rings. The maximum Gasteiger partial charge on any atom is 0.315 e. The topological polar surface area (TPSA) is 91.2 Å². The number of carbonyl (C=O) groups is 1. The minimum Gasteiger partial charge on any atom is -0.484 e. The number of amides is 1. The van der Waals surface area contributed by atoms with Crippen LogP contribution in [0.2, 0.25) is 0 Å². The van der Waals surface area contributed by atoms with Crippen LogP contribution in [0.4, 0.5) is 8.78 Å². The monoisotopic (exact) mass is 269 g/mol. The normalized spacial score (nSPS) is 10.7. The highest BCUT2D eigenvalue weighted by Gasteiger charge is 2.17. The summed E-state index contributed by atoms with van der Waals surface area (Å²) < 4.78 is 34.0. The van der Waals surface area contributed by atoms with Crippen LogP contribution < -0.4 is 10.5 Å². The van der Waals surface area contributed by atoms with Gasteiger partial charge in [-0.2, -0.15) is 13.8 Å². The number of ether oxygens (including phenoxy) is 1. The van der Waals surface area contributed by atoms with Gasteiger partial charge in [-0.05, 0) is 24.3 Å². The first kappa shape index (κ1) is 12.9. The Morgan fingerprint density at radius 1 is 1.37 bits per heavy atom. The van der Waals surface area contributed by atoms with Gasteiger partial charge in [-0.3, -0.25) is 4.79 Å². The van der Waals surface area contributed by atoms with Crippen LogP contribution in [0, 0.1) is 0 Å². The van der Waals surface area contributed by atoms with Crippen LogP contribution in [-0.4, -0.2) is 22.7 Å². The fourth-order valence-electron chi connectivity index (χ4n) is 1.30. The summed E-state index contributed by atoms with van der Waals surface area (Å²) in [6.45, 7) is -0.239. The largest absolute Gasteiger partial charge is 0.484 e. The molecule has 0 atom stereocenters. The molecular formula is C11H9F2N3O3. The smallest absolute Gasteiger partial charge is 0.315 e. The van der Waals surface area contributed by atoms with Gasteiger partial charge in [-0.1, -0.05) is 5.16 Å². The first-order chi connectivity index (χ1) is 9.06. The van der Waals surface area contributed by atoms with Crippen LogP contribution in [0.5, 0.6) is 5.75 Å². The van der Waals surface area contributed by atoms with Crippen LogP contribution in [-0.2, 0) is 4.79 Å². The third-order valence-electron chi connectivity index (χ3n) is 2.12. The van der Waals surface area contributed by atoms with Gasteiger partial charge >= 0.3 is 6.43 Å². The van der Waals surface area contributed by atoms with Crippen molar-refractivity contribution in [1.82, 2.24) is 10.1 Å². The van der Waals surface area contributed by atoms with E-state index in [0.29, 0.717) is 11.3 Å². The van der Waals surface area contributed by atoms with Crippen LogP contribution in [0.15, 0.2) is 28.8 Å². The summed E-state index contributed by atoms with van der Waals surface area (Å²) in [5.41, 5.74) is 5.41. The summed E-state index contributed by atoms with van der Waals surface area (Å²) in [5, 5.41) is 3.43. The molecule has 1 aromatic heterocycles. The molecule has 1 amide bonds. The predicted octanol–water partition coefficient (Wildman–Crippen LogP) is 1.54.